The van der Waals surface area contributed by atoms with Crippen LogP contribution in [0.2, 0.25) is 0 Å². The van der Waals surface area contributed by atoms with Gasteiger partial charge in [-0.15, -0.1) is 0 Å². The second-order valence-electron chi connectivity index (χ2n) is 6.82. The summed E-state index contributed by atoms with van der Waals surface area (Å²) in [7, 11) is 0. The molecule has 1 aromatic heterocycles. The van der Waals surface area contributed by atoms with Crippen molar-refractivity contribution in [2.24, 2.45) is 5.41 Å². The van der Waals surface area contributed by atoms with E-state index in [2.05, 4.69) is 20.8 Å². The molecule has 1 amide bonds. The molecule has 0 spiro atoms. The third kappa shape index (κ3) is 2.85. The third-order valence-electron chi connectivity index (χ3n) is 4.32. The molecule has 0 bridgehead atoms. The van der Waals surface area contributed by atoms with Crippen molar-refractivity contribution in [2.45, 2.75) is 13.8 Å². The molecule has 1 aliphatic heterocycles. The van der Waals surface area contributed by atoms with E-state index in [1.54, 1.807) is 47.5 Å². The summed E-state index contributed by atoms with van der Waals surface area (Å²) >= 11 is 0. The number of H-pyrrole nitrogens is 1. The average Bonchev–Trinajstić information content (AvgIpc) is 3.19. The zero-order valence-electron chi connectivity index (χ0n) is 14.3. The summed E-state index contributed by atoms with van der Waals surface area (Å²) in [5, 5.41) is 12.2. The topological polar surface area (TPSA) is 100 Å². The smallest absolute Gasteiger partial charge is 0.343 e. The summed E-state index contributed by atoms with van der Waals surface area (Å²) in [5.74, 6) is -0.0710. The molecule has 0 atom stereocenters. The van der Waals surface area contributed by atoms with Gasteiger partial charge in [-0.25, -0.2) is 4.79 Å². The first-order valence-electron chi connectivity index (χ1n) is 8.14. The van der Waals surface area contributed by atoms with E-state index in [9.17, 15) is 9.59 Å². The molecule has 26 heavy (non-hydrogen) atoms. The van der Waals surface area contributed by atoms with Crippen LogP contribution in [0.4, 0.5) is 5.69 Å². The lowest BCUT2D eigenvalue weighted by Crippen LogP contribution is -2.33. The number of benzene rings is 2. The number of carbonyl (C=O) groups is 2. The fourth-order valence-electron chi connectivity index (χ4n) is 2.76. The van der Waals surface area contributed by atoms with Gasteiger partial charge in [-0.1, -0.05) is 0 Å². The Bertz CT molecular complexity index is 993. The molecule has 8 heteroatoms. The second kappa shape index (κ2) is 5.83. The molecule has 2 aromatic carbocycles. The Balaban J connectivity index is 1.47. The Morgan fingerprint density at radius 2 is 1.85 bits per heavy atom. The monoisotopic (exact) mass is 351 g/mol. The minimum Gasteiger partial charge on any atom is -0.423 e. The van der Waals surface area contributed by atoms with Gasteiger partial charge in [0.05, 0.1) is 23.2 Å². The van der Waals surface area contributed by atoms with E-state index in [1.165, 1.54) is 0 Å². The van der Waals surface area contributed by atoms with E-state index in [-0.39, 0.29) is 5.91 Å². The quantitative estimate of drug-likeness (QED) is 0.553. The van der Waals surface area contributed by atoms with Gasteiger partial charge in [-0.2, -0.15) is 15.4 Å². The molecule has 1 fully saturated rings. The lowest BCUT2D eigenvalue weighted by Gasteiger charge is -2.19. The SMILES string of the molecule is CC1(C)CN(c2ccc(OC(=O)c3ccc4n[nH]nc4c3)cc2)NC1=O. The standard InChI is InChI=1S/C18H17N5O3/c1-18(2)10-23(21-17(18)25)12-4-6-13(7-5-12)26-16(24)11-3-8-14-15(9-11)20-22-19-14/h3-9H,10H2,1-2H3,(H,21,25)(H,19,20,22). The fourth-order valence-corrected chi connectivity index (χ4v) is 2.76. The van der Waals surface area contributed by atoms with E-state index >= 15 is 0 Å². The van der Waals surface area contributed by atoms with Gasteiger partial charge in [0.15, 0.2) is 0 Å². The Morgan fingerprint density at radius 1 is 1.12 bits per heavy atom. The van der Waals surface area contributed by atoms with Crippen LogP contribution in [0.25, 0.3) is 11.0 Å². The number of anilines is 1. The summed E-state index contributed by atoms with van der Waals surface area (Å²) in [6.45, 7) is 4.36. The van der Waals surface area contributed by atoms with E-state index < -0.39 is 11.4 Å². The molecule has 1 saturated heterocycles. The zero-order chi connectivity index (χ0) is 18.3. The highest BCUT2D eigenvalue weighted by molar-refractivity contribution is 5.94. The minimum absolute atomic E-state index is 0.0174. The highest BCUT2D eigenvalue weighted by Crippen LogP contribution is 2.28. The Labute approximate surface area is 149 Å². The molecule has 0 aliphatic carbocycles. The van der Waals surface area contributed by atoms with Gasteiger partial charge in [0.2, 0.25) is 5.91 Å². The molecule has 2 N–H and O–H groups in total. The predicted octanol–water partition coefficient (Wildman–Crippen LogP) is 2.05. The number of hydrazine groups is 1. The number of fused-ring (bicyclic) bond motifs is 1. The summed E-state index contributed by atoms with van der Waals surface area (Å²) in [6, 6.07) is 12.0. The van der Waals surface area contributed by atoms with Crippen LogP contribution in [0.1, 0.15) is 24.2 Å². The fraction of sp³-hybridized carbons (Fsp3) is 0.222. The zero-order valence-corrected chi connectivity index (χ0v) is 14.3. The van der Waals surface area contributed by atoms with Crippen molar-refractivity contribution in [3.8, 4) is 5.75 Å². The number of ether oxygens (including phenoxy) is 1. The van der Waals surface area contributed by atoms with Crippen LogP contribution in [0.5, 0.6) is 5.75 Å². The Kier molecular flexibility index (Phi) is 3.61. The Hall–Kier alpha value is -3.42. The van der Waals surface area contributed by atoms with Crippen molar-refractivity contribution in [1.29, 1.82) is 0 Å². The average molecular weight is 351 g/mol. The van der Waals surface area contributed by atoms with Crippen LogP contribution in [0.15, 0.2) is 42.5 Å². The van der Waals surface area contributed by atoms with Gasteiger partial charge < -0.3 is 4.74 Å². The molecule has 0 saturated carbocycles. The molecule has 1 aliphatic rings. The van der Waals surface area contributed by atoms with Gasteiger partial charge >= 0.3 is 5.97 Å². The number of amides is 1. The van der Waals surface area contributed by atoms with Gasteiger partial charge in [-0.3, -0.25) is 15.2 Å². The van der Waals surface area contributed by atoms with Crippen molar-refractivity contribution in [3.05, 3.63) is 48.0 Å². The molecule has 2 heterocycles. The molecule has 132 valence electrons. The number of nitrogens with one attached hydrogen (secondary N) is 2. The summed E-state index contributed by atoms with van der Waals surface area (Å²) in [5.41, 5.74) is 4.89. The highest BCUT2D eigenvalue weighted by atomic mass is 16.5. The first-order chi connectivity index (χ1) is 12.4. The molecule has 3 aromatic rings. The highest BCUT2D eigenvalue weighted by Gasteiger charge is 2.38. The van der Waals surface area contributed by atoms with Gasteiger partial charge in [0.1, 0.15) is 16.8 Å². The maximum absolute atomic E-state index is 12.3. The van der Waals surface area contributed by atoms with Crippen molar-refractivity contribution in [3.63, 3.8) is 0 Å². The number of aromatic amines is 1. The molecule has 0 unspecified atom stereocenters. The maximum Gasteiger partial charge on any atom is 0.343 e. The van der Waals surface area contributed by atoms with Crippen LogP contribution >= 0.6 is 0 Å². The summed E-state index contributed by atoms with van der Waals surface area (Å²) < 4.78 is 5.40. The van der Waals surface area contributed by atoms with E-state index in [4.69, 9.17) is 4.74 Å². The molecule has 8 nitrogen and oxygen atoms in total. The first-order valence-corrected chi connectivity index (χ1v) is 8.14. The Morgan fingerprint density at radius 3 is 2.54 bits per heavy atom. The van der Waals surface area contributed by atoms with Crippen molar-refractivity contribution in [1.82, 2.24) is 20.8 Å². The van der Waals surface area contributed by atoms with E-state index in [0.29, 0.717) is 28.9 Å². The van der Waals surface area contributed by atoms with Gasteiger partial charge in [0, 0.05) is 0 Å². The number of hydrogen-bond acceptors (Lipinski definition) is 6. The van der Waals surface area contributed by atoms with Crippen molar-refractivity contribution >= 4 is 28.6 Å². The largest absolute Gasteiger partial charge is 0.423 e. The lowest BCUT2D eigenvalue weighted by atomic mass is 9.94. The van der Waals surface area contributed by atoms with Crippen LogP contribution in [0.3, 0.4) is 0 Å². The van der Waals surface area contributed by atoms with Gasteiger partial charge in [0.25, 0.3) is 0 Å². The lowest BCUT2D eigenvalue weighted by molar-refractivity contribution is -0.125. The van der Waals surface area contributed by atoms with Crippen LogP contribution < -0.4 is 15.2 Å². The normalized spacial score (nSPS) is 15.9. The molecular formula is C18H17N5O3. The van der Waals surface area contributed by atoms with Crippen LogP contribution in [0, 0.1) is 5.41 Å². The number of nitrogens with zero attached hydrogens (tertiary/aromatic N) is 3. The van der Waals surface area contributed by atoms with Crippen molar-refractivity contribution < 1.29 is 14.3 Å². The maximum atomic E-state index is 12.3. The number of aromatic nitrogens is 3. The molecule has 0 radical (unpaired) electrons. The number of esters is 1. The summed E-state index contributed by atoms with van der Waals surface area (Å²) in [6.07, 6.45) is 0. The first kappa shape index (κ1) is 16.1. The summed E-state index contributed by atoms with van der Waals surface area (Å²) in [4.78, 5) is 24.2. The number of rotatable bonds is 3. The van der Waals surface area contributed by atoms with Crippen LogP contribution in [-0.2, 0) is 4.79 Å². The number of hydrogen-bond donors (Lipinski definition) is 2. The second-order valence-corrected chi connectivity index (χ2v) is 6.82. The third-order valence-corrected chi connectivity index (χ3v) is 4.32. The molecular weight excluding hydrogens is 334 g/mol. The van der Waals surface area contributed by atoms with Crippen molar-refractivity contribution in [2.75, 3.05) is 11.6 Å². The molecule has 4 rings (SSSR count). The minimum atomic E-state index is -0.474. The number of carbonyl (C=O) groups excluding carboxylic acids is 2. The predicted molar refractivity (Wildman–Crippen MR) is 94.6 cm³/mol. The van der Waals surface area contributed by atoms with Gasteiger partial charge in [-0.05, 0) is 56.3 Å². The van der Waals surface area contributed by atoms with Crippen LogP contribution in [-0.4, -0.2) is 33.8 Å². The van der Waals surface area contributed by atoms with E-state index in [0.717, 1.165) is 5.69 Å². The van der Waals surface area contributed by atoms with E-state index in [1.807, 2.05) is 13.8 Å².